The van der Waals surface area contributed by atoms with Crippen molar-refractivity contribution >= 4 is 11.9 Å². The second-order valence-electron chi connectivity index (χ2n) is 6.11. The first kappa shape index (κ1) is 20.4. The number of esters is 1. The molecule has 0 radical (unpaired) electrons. The van der Waals surface area contributed by atoms with E-state index < -0.39 is 5.97 Å². The van der Waals surface area contributed by atoms with E-state index in [1.807, 2.05) is 31.2 Å². The number of amides is 1. The molecular formula is C21H24FNO4. The number of nitrogens with zero attached hydrogens (tertiary/aromatic N) is 1. The predicted molar refractivity (Wildman–Crippen MR) is 99.8 cm³/mol. The van der Waals surface area contributed by atoms with Crippen molar-refractivity contribution in [3.8, 4) is 5.75 Å². The Labute approximate surface area is 158 Å². The fourth-order valence-corrected chi connectivity index (χ4v) is 2.44. The Morgan fingerprint density at radius 1 is 1.00 bits per heavy atom. The molecule has 0 heterocycles. The molecule has 6 heteroatoms. The molecule has 0 aliphatic heterocycles. The van der Waals surface area contributed by atoms with Crippen LogP contribution in [0, 0.1) is 5.82 Å². The number of rotatable bonds is 9. The van der Waals surface area contributed by atoms with Gasteiger partial charge in [-0.15, -0.1) is 0 Å². The van der Waals surface area contributed by atoms with Crippen LogP contribution < -0.4 is 4.74 Å². The smallest absolute Gasteiger partial charge is 0.306 e. The molecule has 2 aromatic carbocycles. The summed E-state index contributed by atoms with van der Waals surface area (Å²) in [6.45, 7) is 2.64. The fraction of sp³-hybridized carbons (Fsp3) is 0.333. The lowest BCUT2D eigenvalue weighted by Crippen LogP contribution is -2.30. The van der Waals surface area contributed by atoms with Gasteiger partial charge in [-0.2, -0.15) is 0 Å². The highest BCUT2D eigenvalue weighted by molar-refractivity contribution is 5.80. The summed E-state index contributed by atoms with van der Waals surface area (Å²) in [6, 6.07) is 13.4. The van der Waals surface area contributed by atoms with Crippen LogP contribution in [0.3, 0.4) is 0 Å². The summed E-state index contributed by atoms with van der Waals surface area (Å²) in [5, 5.41) is 0. The quantitative estimate of drug-likeness (QED) is 0.633. The van der Waals surface area contributed by atoms with Crippen LogP contribution in [0.15, 0.2) is 48.5 Å². The highest BCUT2D eigenvalue weighted by atomic mass is 19.1. The van der Waals surface area contributed by atoms with E-state index in [0.717, 1.165) is 16.9 Å². The van der Waals surface area contributed by atoms with Gasteiger partial charge in [0.15, 0.2) is 6.61 Å². The molecule has 0 N–H and O–H groups in total. The lowest BCUT2D eigenvalue weighted by Gasteiger charge is -2.17. The Morgan fingerprint density at radius 3 is 2.26 bits per heavy atom. The van der Waals surface area contributed by atoms with Crippen LogP contribution in [-0.2, 0) is 27.3 Å². The number of carbonyl (C=O) groups excluding carboxylic acids is 2. The number of hydrogen-bond donors (Lipinski definition) is 0. The zero-order valence-corrected chi connectivity index (χ0v) is 15.6. The van der Waals surface area contributed by atoms with E-state index in [1.54, 1.807) is 19.2 Å². The minimum atomic E-state index is -0.456. The summed E-state index contributed by atoms with van der Waals surface area (Å²) in [5.41, 5.74) is 1.80. The maximum Gasteiger partial charge on any atom is 0.306 e. The van der Waals surface area contributed by atoms with Gasteiger partial charge in [-0.05, 0) is 48.7 Å². The first-order chi connectivity index (χ1) is 13.0. The monoisotopic (exact) mass is 373 g/mol. The Kier molecular flexibility index (Phi) is 7.79. The van der Waals surface area contributed by atoms with E-state index in [4.69, 9.17) is 9.47 Å². The van der Waals surface area contributed by atoms with Crippen LogP contribution in [0.4, 0.5) is 4.39 Å². The molecule has 0 unspecified atom stereocenters. The second kappa shape index (κ2) is 10.3. The fourth-order valence-electron chi connectivity index (χ4n) is 2.44. The summed E-state index contributed by atoms with van der Waals surface area (Å²) in [5.74, 6) is -0.269. The third-order valence-electron chi connectivity index (χ3n) is 3.97. The van der Waals surface area contributed by atoms with Gasteiger partial charge in [-0.25, -0.2) is 4.39 Å². The number of halogens is 1. The number of likely N-dealkylation sites (N-methyl/N-ethyl adjacent to an activating group) is 1. The summed E-state index contributed by atoms with van der Waals surface area (Å²) in [4.78, 5) is 25.4. The summed E-state index contributed by atoms with van der Waals surface area (Å²) in [7, 11) is 1.66. The van der Waals surface area contributed by atoms with Gasteiger partial charge in [0, 0.05) is 20.0 Å². The molecule has 144 valence electrons. The first-order valence-corrected chi connectivity index (χ1v) is 8.83. The van der Waals surface area contributed by atoms with Gasteiger partial charge in [0.2, 0.25) is 0 Å². The molecule has 0 saturated carbocycles. The van der Waals surface area contributed by atoms with E-state index >= 15 is 0 Å². The summed E-state index contributed by atoms with van der Waals surface area (Å²) in [6.07, 6.45) is 0.580. The number of aryl methyl sites for hydroxylation is 1. The van der Waals surface area contributed by atoms with Crippen molar-refractivity contribution in [1.29, 1.82) is 0 Å². The van der Waals surface area contributed by atoms with Crippen LogP contribution in [0.2, 0.25) is 0 Å². The van der Waals surface area contributed by atoms with E-state index in [-0.39, 0.29) is 24.8 Å². The maximum absolute atomic E-state index is 12.8. The Balaban J connectivity index is 1.71. The van der Waals surface area contributed by atoms with Crippen molar-refractivity contribution in [1.82, 2.24) is 4.90 Å². The van der Waals surface area contributed by atoms with Gasteiger partial charge >= 0.3 is 5.97 Å². The van der Waals surface area contributed by atoms with Crippen molar-refractivity contribution in [2.75, 3.05) is 20.3 Å². The van der Waals surface area contributed by atoms with Crippen molar-refractivity contribution in [3.63, 3.8) is 0 Å². The van der Waals surface area contributed by atoms with Crippen molar-refractivity contribution in [2.24, 2.45) is 0 Å². The van der Waals surface area contributed by atoms with E-state index in [1.165, 1.54) is 17.0 Å². The highest BCUT2D eigenvalue weighted by Crippen LogP contribution is 2.13. The van der Waals surface area contributed by atoms with Crippen molar-refractivity contribution < 1.29 is 23.5 Å². The molecule has 0 aliphatic carbocycles. The van der Waals surface area contributed by atoms with Gasteiger partial charge in [0.05, 0.1) is 6.61 Å². The van der Waals surface area contributed by atoms with Crippen LogP contribution in [-0.4, -0.2) is 37.0 Å². The molecule has 0 atom stereocenters. The number of hydrogen-bond acceptors (Lipinski definition) is 4. The third-order valence-corrected chi connectivity index (χ3v) is 3.97. The standard InChI is InChI=1S/C21H24FNO4/c1-3-26-19-11-6-17(7-12-19)14-23(2)20(24)15-27-21(25)13-8-16-4-9-18(22)10-5-16/h4-7,9-12H,3,8,13-15H2,1-2H3. The molecular weight excluding hydrogens is 349 g/mol. The Hall–Kier alpha value is -2.89. The lowest BCUT2D eigenvalue weighted by atomic mass is 10.1. The molecule has 1 amide bonds. The van der Waals surface area contributed by atoms with E-state index in [0.29, 0.717) is 19.6 Å². The van der Waals surface area contributed by atoms with Gasteiger partial charge in [0.1, 0.15) is 11.6 Å². The molecule has 0 saturated heterocycles. The number of ether oxygens (including phenoxy) is 2. The molecule has 5 nitrogen and oxygen atoms in total. The normalized spacial score (nSPS) is 10.3. The topological polar surface area (TPSA) is 55.8 Å². The molecule has 0 aliphatic rings. The van der Waals surface area contributed by atoms with E-state index in [2.05, 4.69) is 0 Å². The second-order valence-corrected chi connectivity index (χ2v) is 6.11. The van der Waals surface area contributed by atoms with Gasteiger partial charge in [0.25, 0.3) is 5.91 Å². The van der Waals surface area contributed by atoms with Crippen molar-refractivity contribution in [2.45, 2.75) is 26.3 Å². The van der Waals surface area contributed by atoms with Crippen LogP contribution in [0.5, 0.6) is 5.75 Å². The Morgan fingerprint density at radius 2 is 1.63 bits per heavy atom. The Bertz CT molecular complexity index is 744. The third kappa shape index (κ3) is 7.09. The van der Waals surface area contributed by atoms with Gasteiger partial charge in [-0.1, -0.05) is 24.3 Å². The van der Waals surface area contributed by atoms with E-state index in [9.17, 15) is 14.0 Å². The highest BCUT2D eigenvalue weighted by Gasteiger charge is 2.13. The zero-order chi connectivity index (χ0) is 19.6. The average Bonchev–Trinajstić information content (AvgIpc) is 2.67. The van der Waals surface area contributed by atoms with Crippen molar-refractivity contribution in [3.05, 3.63) is 65.5 Å². The number of benzene rings is 2. The molecule has 2 aromatic rings. The molecule has 0 fully saturated rings. The van der Waals surface area contributed by atoms with Crippen LogP contribution in [0.1, 0.15) is 24.5 Å². The molecule has 0 spiro atoms. The largest absolute Gasteiger partial charge is 0.494 e. The predicted octanol–water partition coefficient (Wildman–Crippen LogP) is 3.36. The minimum Gasteiger partial charge on any atom is -0.494 e. The minimum absolute atomic E-state index is 0.140. The molecule has 2 rings (SSSR count). The first-order valence-electron chi connectivity index (χ1n) is 8.83. The molecule has 27 heavy (non-hydrogen) atoms. The molecule has 0 bridgehead atoms. The number of carbonyl (C=O) groups is 2. The SMILES string of the molecule is CCOc1ccc(CN(C)C(=O)COC(=O)CCc2ccc(F)cc2)cc1. The van der Waals surface area contributed by atoms with Gasteiger partial charge < -0.3 is 14.4 Å². The molecule has 0 aromatic heterocycles. The summed E-state index contributed by atoms with van der Waals surface area (Å²) >= 11 is 0. The summed E-state index contributed by atoms with van der Waals surface area (Å²) < 4.78 is 23.3. The van der Waals surface area contributed by atoms with Gasteiger partial charge in [-0.3, -0.25) is 9.59 Å². The average molecular weight is 373 g/mol. The lowest BCUT2D eigenvalue weighted by molar-refractivity contribution is -0.151. The van der Waals surface area contributed by atoms with Crippen LogP contribution >= 0.6 is 0 Å². The van der Waals surface area contributed by atoms with Crippen LogP contribution in [0.25, 0.3) is 0 Å². The zero-order valence-electron chi connectivity index (χ0n) is 15.6. The maximum atomic E-state index is 12.8.